The van der Waals surface area contributed by atoms with Crippen molar-refractivity contribution in [3.63, 3.8) is 0 Å². The first kappa shape index (κ1) is 24.9. The molecule has 0 radical (unpaired) electrons. The molecule has 0 spiro atoms. The van der Waals surface area contributed by atoms with Crippen LogP contribution in [0.4, 0.5) is 0 Å². The van der Waals surface area contributed by atoms with Crippen LogP contribution in [0.1, 0.15) is 26.7 Å². The van der Waals surface area contributed by atoms with Crippen molar-refractivity contribution in [2.75, 3.05) is 0 Å². The number of benzene rings is 2. The molecule has 0 N–H and O–H groups in total. The Balaban J connectivity index is 0.000000331. The molecule has 27 heavy (non-hydrogen) atoms. The molecule has 0 aliphatic heterocycles. The van der Waals surface area contributed by atoms with Gasteiger partial charge in [0.05, 0.1) is 0 Å². The SMILES string of the molecule is CC1=[C-]CC=C1.CC1=[C-]CC=C1.[O-]c1ccccc1.[O-]c1ccccc1.[Zr+4]. The van der Waals surface area contributed by atoms with E-state index in [4.69, 9.17) is 0 Å². The van der Waals surface area contributed by atoms with Crippen molar-refractivity contribution in [3.8, 4) is 11.5 Å². The maximum Gasteiger partial charge on any atom is 4.00 e. The van der Waals surface area contributed by atoms with Gasteiger partial charge in [0, 0.05) is 0 Å². The van der Waals surface area contributed by atoms with E-state index in [1.807, 2.05) is 12.1 Å². The van der Waals surface area contributed by atoms with Crippen molar-refractivity contribution in [1.82, 2.24) is 0 Å². The van der Waals surface area contributed by atoms with Crippen LogP contribution in [0.5, 0.6) is 11.5 Å². The molecule has 0 saturated heterocycles. The van der Waals surface area contributed by atoms with Crippen molar-refractivity contribution < 1.29 is 36.4 Å². The minimum Gasteiger partial charge on any atom is -0.872 e. The average molecular weight is 436 g/mol. The second-order valence-electron chi connectivity index (χ2n) is 5.56. The zero-order chi connectivity index (χ0) is 19.0. The van der Waals surface area contributed by atoms with Crippen LogP contribution in [0.3, 0.4) is 0 Å². The summed E-state index contributed by atoms with van der Waals surface area (Å²) in [6, 6.07) is 16.7. The van der Waals surface area contributed by atoms with E-state index in [0.717, 1.165) is 12.8 Å². The van der Waals surface area contributed by atoms with Crippen LogP contribution >= 0.6 is 0 Å². The normalized spacial score (nSPS) is 12.7. The summed E-state index contributed by atoms with van der Waals surface area (Å²) < 4.78 is 0. The van der Waals surface area contributed by atoms with E-state index in [0.29, 0.717) is 0 Å². The topological polar surface area (TPSA) is 46.1 Å². The van der Waals surface area contributed by atoms with Gasteiger partial charge in [-0.2, -0.15) is 12.2 Å². The Morgan fingerprint density at radius 1 is 0.630 bits per heavy atom. The summed E-state index contributed by atoms with van der Waals surface area (Å²) in [5.74, 6) is 0.144. The van der Waals surface area contributed by atoms with Gasteiger partial charge in [-0.3, -0.25) is 12.2 Å². The fourth-order valence-corrected chi connectivity index (χ4v) is 1.87. The Morgan fingerprint density at radius 3 is 1.07 bits per heavy atom. The molecule has 0 fully saturated rings. The van der Waals surface area contributed by atoms with Crippen LogP contribution in [0.15, 0.2) is 96.1 Å². The van der Waals surface area contributed by atoms with Crippen LogP contribution in [0.2, 0.25) is 0 Å². The standard InChI is InChI=1S/2C6H6O.2C6H7.Zr/c2*7-6-4-2-1-3-5-6;2*1-6-4-2-3-5-6;/h2*1-5,7H;2*2,4H,3H2,1H3;/q;;2*-1;+4/p-2. The Kier molecular flexibility index (Phi) is 14.8. The molecule has 0 amide bonds. The summed E-state index contributed by atoms with van der Waals surface area (Å²) in [7, 11) is 0. The van der Waals surface area contributed by atoms with E-state index in [1.165, 1.54) is 35.4 Å². The van der Waals surface area contributed by atoms with Gasteiger partial charge in [-0.05, 0) is 0 Å². The largest absolute Gasteiger partial charge is 4.00 e. The fourth-order valence-electron chi connectivity index (χ4n) is 1.87. The molecule has 2 nitrogen and oxygen atoms in total. The molecule has 2 aromatic carbocycles. The van der Waals surface area contributed by atoms with E-state index in [2.05, 4.69) is 50.3 Å². The molecule has 0 bridgehead atoms. The second kappa shape index (κ2) is 16.1. The predicted molar refractivity (Wildman–Crippen MR) is 104 cm³/mol. The third kappa shape index (κ3) is 14.7. The molecular formula is C24H24O2Zr. The van der Waals surface area contributed by atoms with E-state index >= 15 is 0 Å². The minimum atomic E-state index is 0. The molecule has 3 heteroatoms. The zero-order valence-electron chi connectivity index (χ0n) is 15.8. The first-order chi connectivity index (χ1) is 12.6. The van der Waals surface area contributed by atoms with Gasteiger partial charge in [-0.1, -0.05) is 74.5 Å². The van der Waals surface area contributed by atoms with E-state index < -0.39 is 0 Å². The van der Waals surface area contributed by atoms with Crippen molar-refractivity contribution in [3.05, 3.63) is 108 Å². The minimum absolute atomic E-state index is 0. The summed E-state index contributed by atoms with van der Waals surface area (Å²) in [6.07, 6.45) is 16.7. The number of hydrogen-bond donors (Lipinski definition) is 0. The quantitative estimate of drug-likeness (QED) is 0.552. The molecule has 2 aliphatic carbocycles. The van der Waals surface area contributed by atoms with E-state index in [1.54, 1.807) is 24.3 Å². The van der Waals surface area contributed by atoms with Gasteiger partial charge in [0.1, 0.15) is 0 Å². The van der Waals surface area contributed by atoms with Gasteiger partial charge in [0.2, 0.25) is 0 Å². The fraction of sp³-hybridized carbons (Fsp3) is 0.167. The maximum atomic E-state index is 10.3. The third-order valence-corrected chi connectivity index (χ3v) is 3.22. The summed E-state index contributed by atoms with van der Waals surface area (Å²) in [5.41, 5.74) is 2.55. The van der Waals surface area contributed by atoms with Gasteiger partial charge in [0.25, 0.3) is 0 Å². The Hall–Kier alpha value is -2.12. The predicted octanol–water partition coefficient (Wildman–Crippen LogP) is 4.91. The number of para-hydroxylation sites is 2. The van der Waals surface area contributed by atoms with Gasteiger partial charge in [0.15, 0.2) is 0 Å². The molecule has 0 aromatic heterocycles. The van der Waals surface area contributed by atoms with Crippen molar-refractivity contribution in [1.29, 1.82) is 0 Å². The molecule has 136 valence electrons. The average Bonchev–Trinajstić information content (AvgIpc) is 3.31. The van der Waals surface area contributed by atoms with Gasteiger partial charge >= 0.3 is 26.2 Å². The molecular weight excluding hydrogens is 411 g/mol. The van der Waals surface area contributed by atoms with Crippen LogP contribution in [-0.2, 0) is 26.2 Å². The van der Waals surface area contributed by atoms with Crippen molar-refractivity contribution in [2.45, 2.75) is 26.7 Å². The zero-order valence-corrected chi connectivity index (χ0v) is 18.3. The molecule has 0 unspecified atom stereocenters. The molecule has 2 aromatic rings. The van der Waals surface area contributed by atoms with Gasteiger partial charge < -0.3 is 10.2 Å². The van der Waals surface area contributed by atoms with Gasteiger partial charge in [-0.25, -0.2) is 23.3 Å². The number of allylic oxidation sites excluding steroid dienone is 8. The Labute approximate surface area is 182 Å². The first-order valence-corrected chi connectivity index (χ1v) is 8.50. The van der Waals surface area contributed by atoms with Crippen LogP contribution < -0.4 is 10.2 Å². The smallest absolute Gasteiger partial charge is 0.872 e. The van der Waals surface area contributed by atoms with Crippen LogP contribution in [0, 0.1) is 12.2 Å². The van der Waals surface area contributed by atoms with E-state index in [-0.39, 0.29) is 37.7 Å². The number of hydrogen-bond acceptors (Lipinski definition) is 2. The molecule has 0 atom stereocenters. The molecule has 0 heterocycles. The van der Waals surface area contributed by atoms with Crippen LogP contribution in [-0.4, -0.2) is 0 Å². The first-order valence-electron chi connectivity index (χ1n) is 8.50. The summed E-state index contributed by atoms with van der Waals surface area (Å²) in [5, 5.41) is 20.5. The second-order valence-corrected chi connectivity index (χ2v) is 5.56. The monoisotopic (exact) mass is 434 g/mol. The van der Waals surface area contributed by atoms with Gasteiger partial charge in [-0.15, -0.1) is 24.3 Å². The molecule has 2 aliphatic rings. The molecule has 0 saturated carbocycles. The summed E-state index contributed by atoms with van der Waals surface area (Å²) in [6.45, 7) is 4.12. The third-order valence-electron chi connectivity index (χ3n) is 3.22. The Morgan fingerprint density at radius 2 is 0.963 bits per heavy atom. The summed E-state index contributed by atoms with van der Waals surface area (Å²) in [4.78, 5) is 0. The van der Waals surface area contributed by atoms with E-state index in [9.17, 15) is 10.2 Å². The van der Waals surface area contributed by atoms with Crippen LogP contribution in [0.25, 0.3) is 0 Å². The molecule has 4 rings (SSSR count). The number of rotatable bonds is 0. The maximum absolute atomic E-state index is 10.3. The summed E-state index contributed by atoms with van der Waals surface area (Å²) >= 11 is 0. The Bertz CT molecular complexity index is 658. The van der Waals surface area contributed by atoms with Crippen molar-refractivity contribution >= 4 is 0 Å². The van der Waals surface area contributed by atoms with Crippen molar-refractivity contribution in [2.24, 2.45) is 0 Å².